The van der Waals surface area contributed by atoms with E-state index in [1.807, 2.05) is 0 Å². The highest BCUT2D eigenvalue weighted by molar-refractivity contribution is 5.25. The number of aliphatic hydroxyl groups is 1. The van der Waals surface area contributed by atoms with Crippen molar-refractivity contribution in [2.24, 2.45) is 5.41 Å². The molecule has 0 bridgehead atoms. The highest BCUT2D eigenvalue weighted by atomic mass is 19.2. The first-order chi connectivity index (χ1) is 8.59. The third-order valence-corrected chi connectivity index (χ3v) is 3.28. The third kappa shape index (κ3) is 2.22. The Morgan fingerprint density at radius 3 is 2.72 bits per heavy atom. The zero-order chi connectivity index (χ0) is 13.2. The lowest BCUT2D eigenvalue weighted by molar-refractivity contribution is -0.0507. The van der Waals surface area contributed by atoms with E-state index in [2.05, 4.69) is 6.07 Å². The summed E-state index contributed by atoms with van der Waals surface area (Å²) >= 11 is 0. The summed E-state index contributed by atoms with van der Waals surface area (Å²) < 4.78 is 31.2. The van der Waals surface area contributed by atoms with Crippen molar-refractivity contribution in [2.75, 3.05) is 13.2 Å². The summed E-state index contributed by atoms with van der Waals surface area (Å²) in [7, 11) is 0. The Morgan fingerprint density at radius 2 is 2.17 bits per heavy atom. The van der Waals surface area contributed by atoms with Gasteiger partial charge in [-0.2, -0.15) is 5.26 Å². The molecule has 3 nitrogen and oxygen atoms in total. The Kier molecular flexibility index (Phi) is 3.60. The number of ether oxygens (including phenoxy) is 1. The van der Waals surface area contributed by atoms with E-state index < -0.39 is 23.2 Å². The lowest BCUT2D eigenvalue weighted by Gasteiger charge is -2.34. The smallest absolute Gasteiger partial charge is 0.159 e. The van der Waals surface area contributed by atoms with Gasteiger partial charge in [-0.3, -0.25) is 0 Å². The van der Waals surface area contributed by atoms with Crippen molar-refractivity contribution in [3.63, 3.8) is 0 Å². The number of hydrogen-bond acceptors (Lipinski definition) is 3. The van der Waals surface area contributed by atoms with Crippen LogP contribution in [0.15, 0.2) is 18.2 Å². The van der Waals surface area contributed by atoms with Gasteiger partial charge in [0.15, 0.2) is 11.6 Å². The highest BCUT2D eigenvalue weighted by Gasteiger charge is 2.41. The molecular weight excluding hydrogens is 240 g/mol. The molecule has 1 aromatic carbocycles. The van der Waals surface area contributed by atoms with Gasteiger partial charge in [-0.1, -0.05) is 6.07 Å². The number of halogens is 2. The van der Waals surface area contributed by atoms with Crippen LogP contribution in [0.5, 0.6) is 0 Å². The summed E-state index contributed by atoms with van der Waals surface area (Å²) in [6.45, 7) is 0.650. The number of nitrogens with zero attached hydrogens (tertiary/aromatic N) is 1. The lowest BCUT2D eigenvalue weighted by atomic mass is 9.76. The van der Waals surface area contributed by atoms with Crippen LogP contribution in [-0.4, -0.2) is 18.3 Å². The predicted octanol–water partition coefficient (Wildman–Crippen LogP) is 2.32. The van der Waals surface area contributed by atoms with Gasteiger partial charge in [0.1, 0.15) is 5.41 Å². The third-order valence-electron chi connectivity index (χ3n) is 3.28. The molecule has 96 valence electrons. The topological polar surface area (TPSA) is 53.2 Å². The van der Waals surface area contributed by atoms with Gasteiger partial charge < -0.3 is 9.84 Å². The van der Waals surface area contributed by atoms with Crippen molar-refractivity contribution in [1.82, 2.24) is 0 Å². The molecule has 1 N–H and O–H groups in total. The molecule has 1 aromatic rings. The van der Waals surface area contributed by atoms with Crippen LogP contribution < -0.4 is 0 Å². The molecule has 2 rings (SSSR count). The minimum atomic E-state index is -1.18. The van der Waals surface area contributed by atoms with Crippen LogP contribution >= 0.6 is 0 Å². The van der Waals surface area contributed by atoms with Crippen LogP contribution in [0.2, 0.25) is 0 Å². The highest BCUT2D eigenvalue weighted by Crippen LogP contribution is 2.40. The molecule has 1 saturated heterocycles. The number of rotatable bonds is 2. The SMILES string of the molecule is N#CC1(C(O)c2ccc(F)c(F)c2)CCCOC1. The maximum absolute atomic E-state index is 13.1. The van der Waals surface area contributed by atoms with Crippen LogP contribution in [0.1, 0.15) is 24.5 Å². The molecule has 18 heavy (non-hydrogen) atoms. The monoisotopic (exact) mass is 253 g/mol. The minimum absolute atomic E-state index is 0.101. The largest absolute Gasteiger partial charge is 0.387 e. The number of nitriles is 1. The number of benzene rings is 1. The summed E-state index contributed by atoms with van der Waals surface area (Å²) in [5, 5.41) is 19.5. The molecule has 0 spiro atoms. The van der Waals surface area contributed by atoms with Crippen LogP contribution in [-0.2, 0) is 4.74 Å². The van der Waals surface area contributed by atoms with Gasteiger partial charge in [-0.25, -0.2) is 8.78 Å². The van der Waals surface area contributed by atoms with Gasteiger partial charge in [0.25, 0.3) is 0 Å². The van der Waals surface area contributed by atoms with Gasteiger partial charge in [0.2, 0.25) is 0 Å². The molecule has 0 aliphatic carbocycles. The predicted molar refractivity (Wildman–Crippen MR) is 59.4 cm³/mol. The quantitative estimate of drug-likeness (QED) is 0.880. The second-order valence-corrected chi connectivity index (χ2v) is 4.50. The fraction of sp³-hybridized carbons (Fsp3) is 0.462. The number of hydrogen-bond donors (Lipinski definition) is 1. The summed E-state index contributed by atoms with van der Waals surface area (Å²) in [6, 6.07) is 5.22. The summed E-state index contributed by atoms with van der Waals surface area (Å²) in [5.41, 5.74) is -0.886. The molecule has 1 aliphatic rings. The summed E-state index contributed by atoms with van der Waals surface area (Å²) in [4.78, 5) is 0. The van der Waals surface area contributed by atoms with Crippen molar-refractivity contribution < 1.29 is 18.6 Å². The van der Waals surface area contributed by atoms with Gasteiger partial charge in [0, 0.05) is 6.61 Å². The normalized spacial score (nSPS) is 25.4. The zero-order valence-corrected chi connectivity index (χ0v) is 9.70. The second-order valence-electron chi connectivity index (χ2n) is 4.50. The van der Waals surface area contributed by atoms with Crippen molar-refractivity contribution >= 4 is 0 Å². The van der Waals surface area contributed by atoms with E-state index in [9.17, 15) is 19.1 Å². The molecule has 2 unspecified atom stereocenters. The molecule has 2 atom stereocenters. The van der Waals surface area contributed by atoms with E-state index in [1.54, 1.807) is 0 Å². The van der Waals surface area contributed by atoms with Crippen LogP contribution in [0.3, 0.4) is 0 Å². The molecule has 5 heteroatoms. The van der Waals surface area contributed by atoms with Crippen molar-refractivity contribution in [3.05, 3.63) is 35.4 Å². The van der Waals surface area contributed by atoms with Crippen molar-refractivity contribution in [1.29, 1.82) is 5.26 Å². The Bertz CT molecular complexity index is 478. The van der Waals surface area contributed by atoms with Crippen molar-refractivity contribution in [2.45, 2.75) is 18.9 Å². The van der Waals surface area contributed by atoms with E-state index in [0.717, 1.165) is 12.1 Å². The Balaban J connectivity index is 2.31. The molecule has 0 radical (unpaired) electrons. The zero-order valence-electron chi connectivity index (χ0n) is 9.70. The fourth-order valence-electron chi connectivity index (χ4n) is 2.18. The first kappa shape index (κ1) is 12.9. The fourth-order valence-corrected chi connectivity index (χ4v) is 2.18. The molecule has 0 saturated carbocycles. The number of aliphatic hydroxyl groups excluding tert-OH is 1. The Morgan fingerprint density at radius 1 is 1.39 bits per heavy atom. The van der Waals surface area contributed by atoms with Gasteiger partial charge in [-0.15, -0.1) is 0 Å². The molecule has 0 aromatic heterocycles. The standard InChI is InChI=1S/C13H13F2NO2/c14-10-3-2-9(6-11(10)15)12(17)13(7-16)4-1-5-18-8-13/h2-3,6,12,17H,1,4-5,8H2. The van der Waals surface area contributed by atoms with Crippen molar-refractivity contribution in [3.8, 4) is 6.07 Å². The maximum atomic E-state index is 13.1. The van der Waals surface area contributed by atoms with Gasteiger partial charge in [-0.05, 0) is 30.5 Å². The first-order valence-corrected chi connectivity index (χ1v) is 5.71. The van der Waals surface area contributed by atoms with Gasteiger partial charge >= 0.3 is 0 Å². The minimum Gasteiger partial charge on any atom is -0.387 e. The van der Waals surface area contributed by atoms with Crippen LogP contribution in [0.4, 0.5) is 8.78 Å². The van der Waals surface area contributed by atoms with E-state index in [0.29, 0.717) is 19.4 Å². The summed E-state index contributed by atoms with van der Waals surface area (Å²) in [5.74, 6) is -2.01. The molecule has 0 amide bonds. The molecular formula is C13H13F2NO2. The second kappa shape index (κ2) is 5.01. The first-order valence-electron chi connectivity index (χ1n) is 5.71. The Hall–Kier alpha value is -1.51. The van der Waals surface area contributed by atoms with Crippen LogP contribution in [0.25, 0.3) is 0 Å². The average Bonchev–Trinajstić information content (AvgIpc) is 2.42. The lowest BCUT2D eigenvalue weighted by Crippen LogP contribution is -2.36. The van der Waals surface area contributed by atoms with E-state index in [1.165, 1.54) is 6.07 Å². The molecule has 1 heterocycles. The summed E-state index contributed by atoms with van der Waals surface area (Å²) in [6.07, 6.45) is -0.0456. The van der Waals surface area contributed by atoms with Crippen LogP contribution in [0, 0.1) is 28.4 Å². The van der Waals surface area contributed by atoms with E-state index in [-0.39, 0.29) is 12.2 Å². The average molecular weight is 253 g/mol. The van der Waals surface area contributed by atoms with Gasteiger partial charge in [0.05, 0.1) is 18.8 Å². The van der Waals surface area contributed by atoms with E-state index >= 15 is 0 Å². The molecule has 1 fully saturated rings. The van der Waals surface area contributed by atoms with E-state index in [4.69, 9.17) is 4.74 Å². The Labute approximate surface area is 104 Å². The molecule has 1 aliphatic heterocycles. The maximum Gasteiger partial charge on any atom is 0.159 e.